The molecule has 0 radical (unpaired) electrons. The molecule has 0 bridgehead atoms. The van der Waals surface area contributed by atoms with Gasteiger partial charge >= 0.3 is 0 Å². The van der Waals surface area contributed by atoms with Crippen molar-refractivity contribution in [3.63, 3.8) is 0 Å². The second-order valence-corrected chi connectivity index (χ2v) is 4.33. The van der Waals surface area contributed by atoms with Crippen LogP contribution in [-0.2, 0) is 0 Å². The summed E-state index contributed by atoms with van der Waals surface area (Å²) in [5.41, 5.74) is 7.34. The van der Waals surface area contributed by atoms with Gasteiger partial charge in [0.25, 0.3) is 0 Å². The fourth-order valence-corrected chi connectivity index (χ4v) is 1.87. The molecule has 2 N–H and O–H groups in total. The summed E-state index contributed by atoms with van der Waals surface area (Å²) >= 11 is 0. The molecule has 17 heavy (non-hydrogen) atoms. The summed E-state index contributed by atoms with van der Waals surface area (Å²) in [5, 5.41) is 3.85. The van der Waals surface area contributed by atoms with E-state index < -0.39 is 0 Å². The molecule has 4 nitrogen and oxygen atoms in total. The number of nitrogens with zero attached hydrogens (tertiary/aromatic N) is 2. The number of hydrogen-bond acceptors (Lipinski definition) is 4. The molecule has 90 valence electrons. The highest BCUT2D eigenvalue weighted by molar-refractivity contribution is 5.19. The van der Waals surface area contributed by atoms with Crippen LogP contribution in [0.1, 0.15) is 42.6 Å². The summed E-state index contributed by atoms with van der Waals surface area (Å²) < 4.78 is 4.93. The van der Waals surface area contributed by atoms with Gasteiger partial charge in [0, 0.05) is 6.92 Å². The van der Waals surface area contributed by atoms with Crippen molar-refractivity contribution in [1.29, 1.82) is 0 Å². The largest absolute Gasteiger partial charge is 0.340 e. The highest BCUT2D eigenvalue weighted by Gasteiger charge is 2.16. The molecular weight excluding hydrogens is 214 g/mol. The summed E-state index contributed by atoms with van der Waals surface area (Å²) in [6, 6.07) is 10.1. The second-order valence-electron chi connectivity index (χ2n) is 4.33. The molecular formula is C13H17N3O. The third kappa shape index (κ3) is 2.91. The van der Waals surface area contributed by atoms with Crippen LogP contribution in [-0.4, -0.2) is 10.1 Å². The van der Waals surface area contributed by atoms with E-state index in [-0.39, 0.29) is 6.04 Å². The molecule has 2 atom stereocenters. The summed E-state index contributed by atoms with van der Waals surface area (Å²) in [7, 11) is 0. The molecule has 0 amide bonds. The van der Waals surface area contributed by atoms with Crippen molar-refractivity contribution in [2.45, 2.75) is 32.2 Å². The average molecular weight is 231 g/mol. The number of benzene rings is 1. The van der Waals surface area contributed by atoms with Crippen LogP contribution in [0.3, 0.4) is 0 Å². The second kappa shape index (κ2) is 5.10. The lowest BCUT2D eigenvalue weighted by Crippen LogP contribution is -2.15. The monoisotopic (exact) mass is 231 g/mol. The Kier molecular flexibility index (Phi) is 3.54. The van der Waals surface area contributed by atoms with Crippen molar-refractivity contribution in [3.8, 4) is 0 Å². The van der Waals surface area contributed by atoms with Crippen LogP contribution in [0.2, 0.25) is 0 Å². The van der Waals surface area contributed by atoms with Crippen LogP contribution in [0.5, 0.6) is 0 Å². The molecule has 1 aromatic carbocycles. The topological polar surface area (TPSA) is 64.9 Å². The maximum atomic E-state index is 6.06. The zero-order valence-electron chi connectivity index (χ0n) is 10.1. The number of nitrogens with two attached hydrogens (primary N) is 1. The summed E-state index contributed by atoms with van der Waals surface area (Å²) in [4.78, 5) is 4.15. The van der Waals surface area contributed by atoms with Gasteiger partial charge < -0.3 is 10.3 Å². The first-order valence-electron chi connectivity index (χ1n) is 5.77. The molecule has 0 aliphatic rings. The van der Waals surface area contributed by atoms with Crippen molar-refractivity contribution < 1.29 is 4.52 Å². The van der Waals surface area contributed by atoms with Crippen molar-refractivity contribution in [2.75, 3.05) is 0 Å². The Bertz CT molecular complexity index is 467. The van der Waals surface area contributed by atoms with Gasteiger partial charge in [0.2, 0.25) is 5.89 Å². The van der Waals surface area contributed by atoms with Crippen molar-refractivity contribution in [3.05, 3.63) is 47.6 Å². The van der Waals surface area contributed by atoms with E-state index in [1.807, 2.05) is 18.2 Å². The van der Waals surface area contributed by atoms with E-state index in [0.717, 1.165) is 6.42 Å². The Morgan fingerprint density at radius 3 is 2.59 bits per heavy atom. The van der Waals surface area contributed by atoms with Crippen molar-refractivity contribution in [2.24, 2.45) is 5.73 Å². The van der Waals surface area contributed by atoms with E-state index in [2.05, 4.69) is 29.2 Å². The molecule has 0 fully saturated rings. The molecule has 4 heteroatoms. The van der Waals surface area contributed by atoms with Gasteiger partial charge in [-0.3, -0.25) is 0 Å². The Morgan fingerprint density at radius 1 is 1.29 bits per heavy atom. The van der Waals surface area contributed by atoms with Gasteiger partial charge in [-0.15, -0.1) is 0 Å². The summed E-state index contributed by atoms with van der Waals surface area (Å²) in [6.45, 7) is 3.92. The van der Waals surface area contributed by atoms with Gasteiger partial charge in [-0.25, -0.2) is 0 Å². The van der Waals surface area contributed by atoms with E-state index in [4.69, 9.17) is 10.3 Å². The molecule has 0 aliphatic carbocycles. The number of aromatic nitrogens is 2. The first kappa shape index (κ1) is 11.8. The normalized spacial score (nSPS) is 14.5. The van der Waals surface area contributed by atoms with Crippen LogP contribution in [0.25, 0.3) is 0 Å². The lowest BCUT2D eigenvalue weighted by molar-refractivity contribution is 0.380. The Morgan fingerprint density at radius 2 is 2.00 bits per heavy atom. The highest BCUT2D eigenvalue weighted by atomic mass is 16.5. The predicted octanol–water partition coefficient (Wildman–Crippen LogP) is 2.57. The van der Waals surface area contributed by atoms with E-state index in [1.165, 1.54) is 5.56 Å². The third-order valence-corrected chi connectivity index (χ3v) is 2.85. The highest BCUT2D eigenvalue weighted by Crippen LogP contribution is 2.24. The zero-order chi connectivity index (χ0) is 12.3. The van der Waals surface area contributed by atoms with Crippen LogP contribution in [0, 0.1) is 6.92 Å². The Hall–Kier alpha value is -1.68. The minimum atomic E-state index is -0.178. The fraction of sp³-hybridized carbons (Fsp3) is 0.385. The van der Waals surface area contributed by atoms with Crippen LogP contribution >= 0.6 is 0 Å². The molecule has 2 aromatic rings. The number of hydrogen-bond donors (Lipinski definition) is 1. The van der Waals surface area contributed by atoms with E-state index in [1.54, 1.807) is 6.92 Å². The third-order valence-electron chi connectivity index (χ3n) is 2.85. The number of rotatable bonds is 4. The van der Waals surface area contributed by atoms with E-state index in [9.17, 15) is 0 Å². The molecule has 2 rings (SSSR count). The van der Waals surface area contributed by atoms with E-state index >= 15 is 0 Å². The molecule has 2 unspecified atom stereocenters. The molecule has 0 saturated heterocycles. The maximum absolute atomic E-state index is 6.06. The van der Waals surface area contributed by atoms with Crippen LogP contribution in [0.4, 0.5) is 0 Å². The van der Waals surface area contributed by atoms with Gasteiger partial charge in [-0.1, -0.05) is 42.4 Å². The van der Waals surface area contributed by atoms with Crippen LogP contribution in [0.15, 0.2) is 34.9 Å². The standard InChI is InChI=1S/C13H17N3O/c1-9(11-6-4-3-5-7-11)8-12(14)13-15-10(2)17-16-13/h3-7,9,12H,8,14H2,1-2H3. The summed E-state index contributed by atoms with van der Waals surface area (Å²) in [6.07, 6.45) is 0.809. The average Bonchev–Trinajstić information content (AvgIpc) is 2.77. The minimum Gasteiger partial charge on any atom is -0.340 e. The molecule has 0 spiro atoms. The molecule has 0 saturated carbocycles. The smallest absolute Gasteiger partial charge is 0.223 e. The van der Waals surface area contributed by atoms with Crippen molar-refractivity contribution in [1.82, 2.24) is 10.1 Å². The fourth-order valence-electron chi connectivity index (χ4n) is 1.87. The lowest BCUT2D eigenvalue weighted by atomic mass is 9.94. The molecule has 1 aromatic heterocycles. The number of aryl methyl sites for hydroxylation is 1. The zero-order valence-corrected chi connectivity index (χ0v) is 10.1. The predicted molar refractivity (Wildman–Crippen MR) is 65.4 cm³/mol. The van der Waals surface area contributed by atoms with Gasteiger partial charge in [0.15, 0.2) is 5.82 Å². The van der Waals surface area contributed by atoms with Gasteiger partial charge in [0.05, 0.1) is 6.04 Å². The maximum Gasteiger partial charge on any atom is 0.223 e. The van der Waals surface area contributed by atoms with Gasteiger partial charge in [-0.05, 0) is 17.9 Å². The van der Waals surface area contributed by atoms with Crippen molar-refractivity contribution >= 4 is 0 Å². The van der Waals surface area contributed by atoms with E-state index in [0.29, 0.717) is 17.6 Å². The first-order chi connectivity index (χ1) is 8.16. The Balaban J connectivity index is 2.02. The Labute approximate surface area is 101 Å². The first-order valence-corrected chi connectivity index (χ1v) is 5.77. The van der Waals surface area contributed by atoms with Crippen LogP contribution < -0.4 is 5.73 Å². The van der Waals surface area contributed by atoms with Gasteiger partial charge in [-0.2, -0.15) is 4.98 Å². The quantitative estimate of drug-likeness (QED) is 0.878. The molecule has 0 aliphatic heterocycles. The lowest BCUT2D eigenvalue weighted by Gasteiger charge is -2.14. The SMILES string of the molecule is Cc1nc(C(N)CC(C)c2ccccc2)no1. The molecule has 1 heterocycles. The summed E-state index contributed by atoms with van der Waals surface area (Å²) in [5.74, 6) is 1.53. The minimum absolute atomic E-state index is 0.178. The van der Waals surface area contributed by atoms with Gasteiger partial charge in [0.1, 0.15) is 0 Å².